The maximum Gasteiger partial charge on any atom is 0.182 e. The zero-order valence-electron chi connectivity index (χ0n) is 10.2. The topological polar surface area (TPSA) is 58.4 Å². The highest BCUT2D eigenvalue weighted by molar-refractivity contribution is 9.10. The second-order valence-corrected chi connectivity index (χ2v) is 4.97. The van der Waals surface area contributed by atoms with E-state index in [0.717, 1.165) is 11.0 Å². The van der Waals surface area contributed by atoms with E-state index in [2.05, 4.69) is 21.0 Å². The minimum absolute atomic E-state index is 0.0159. The molecule has 1 N–H and O–H groups in total. The number of likely N-dealkylation sites (N-methyl/N-ethyl adjacent to an activating group) is 1. The SMILES string of the molecule is CN(C)CCn1ncc(Br)c1C(=O)CCCO. The lowest BCUT2D eigenvalue weighted by Crippen LogP contribution is -2.21. The molecule has 0 amide bonds. The van der Waals surface area contributed by atoms with Crippen LogP contribution in [0.1, 0.15) is 23.3 Å². The molecular formula is C11H18BrN3O2. The summed E-state index contributed by atoms with van der Waals surface area (Å²) in [6.07, 6.45) is 2.48. The van der Waals surface area contributed by atoms with E-state index >= 15 is 0 Å². The molecule has 96 valence electrons. The second-order valence-electron chi connectivity index (χ2n) is 4.12. The van der Waals surface area contributed by atoms with Gasteiger partial charge < -0.3 is 10.0 Å². The average Bonchev–Trinajstić information content (AvgIpc) is 2.64. The first-order chi connectivity index (χ1) is 8.06. The van der Waals surface area contributed by atoms with Crippen LogP contribution in [0, 0.1) is 0 Å². The van der Waals surface area contributed by atoms with Crippen molar-refractivity contribution < 1.29 is 9.90 Å². The predicted molar refractivity (Wildman–Crippen MR) is 69.1 cm³/mol. The first-order valence-corrected chi connectivity index (χ1v) is 6.35. The van der Waals surface area contributed by atoms with Crippen LogP contribution in [0.15, 0.2) is 10.7 Å². The number of Topliss-reactive ketones (excluding diaryl/α,β-unsaturated/α-hetero) is 1. The molecule has 0 saturated carbocycles. The third kappa shape index (κ3) is 4.22. The van der Waals surface area contributed by atoms with Crippen LogP contribution in [0.2, 0.25) is 0 Å². The molecule has 0 saturated heterocycles. The summed E-state index contributed by atoms with van der Waals surface area (Å²) in [6, 6.07) is 0. The summed E-state index contributed by atoms with van der Waals surface area (Å²) in [7, 11) is 3.96. The summed E-state index contributed by atoms with van der Waals surface area (Å²) in [5.41, 5.74) is 0.598. The average molecular weight is 304 g/mol. The van der Waals surface area contributed by atoms with Crippen LogP contribution in [0.3, 0.4) is 0 Å². The van der Waals surface area contributed by atoms with E-state index in [1.165, 1.54) is 0 Å². The number of aliphatic hydroxyl groups excluding tert-OH is 1. The number of ketones is 1. The van der Waals surface area contributed by atoms with E-state index in [1.54, 1.807) is 10.9 Å². The van der Waals surface area contributed by atoms with Gasteiger partial charge >= 0.3 is 0 Å². The monoisotopic (exact) mass is 303 g/mol. The lowest BCUT2D eigenvalue weighted by Gasteiger charge is -2.11. The lowest BCUT2D eigenvalue weighted by molar-refractivity contribution is 0.0959. The van der Waals surface area contributed by atoms with Crippen molar-refractivity contribution in [2.24, 2.45) is 0 Å². The largest absolute Gasteiger partial charge is 0.396 e. The number of carbonyl (C=O) groups is 1. The molecule has 1 heterocycles. The molecule has 0 fully saturated rings. The van der Waals surface area contributed by atoms with Gasteiger partial charge in [0.05, 0.1) is 17.2 Å². The fourth-order valence-corrected chi connectivity index (χ4v) is 1.98. The molecule has 0 atom stereocenters. The standard InChI is InChI=1S/C11H18BrN3O2/c1-14(2)5-6-15-11(9(12)8-13-15)10(17)4-3-7-16/h8,16H,3-7H2,1-2H3. The zero-order chi connectivity index (χ0) is 12.8. The van der Waals surface area contributed by atoms with Gasteiger partial charge in [0.15, 0.2) is 5.78 Å². The molecule has 1 rings (SSSR count). The molecule has 0 aliphatic heterocycles. The first-order valence-electron chi connectivity index (χ1n) is 5.56. The van der Waals surface area contributed by atoms with Gasteiger partial charge in [0.2, 0.25) is 0 Å². The molecule has 17 heavy (non-hydrogen) atoms. The number of rotatable bonds is 7. The van der Waals surface area contributed by atoms with E-state index in [4.69, 9.17) is 5.11 Å². The number of nitrogens with zero attached hydrogens (tertiary/aromatic N) is 3. The summed E-state index contributed by atoms with van der Waals surface area (Å²) in [4.78, 5) is 14.0. The fourth-order valence-electron chi connectivity index (χ4n) is 1.46. The van der Waals surface area contributed by atoms with Crippen molar-refractivity contribution in [3.8, 4) is 0 Å². The van der Waals surface area contributed by atoms with Gasteiger partial charge in [-0.2, -0.15) is 5.10 Å². The van der Waals surface area contributed by atoms with Gasteiger partial charge in [-0.3, -0.25) is 9.48 Å². The molecule has 0 aromatic carbocycles. The summed E-state index contributed by atoms with van der Waals surface area (Å²) >= 11 is 3.34. The van der Waals surface area contributed by atoms with Crippen LogP contribution in [0.25, 0.3) is 0 Å². The van der Waals surface area contributed by atoms with Gasteiger partial charge in [0.25, 0.3) is 0 Å². The summed E-state index contributed by atoms with van der Waals surface area (Å²) in [5, 5.41) is 12.9. The van der Waals surface area contributed by atoms with Gasteiger partial charge in [0, 0.05) is 19.6 Å². The number of hydrogen-bond acceptors (Lipinski definition) is 4. The Kier molecular flexibility index (Phi) is 5.80. The maximum absolute atomic E-state index is 11.9. The Morgan fingerprint density at radius 2 is 2.29 bits per heavy atom. The Balaban J connectivity index is 2.75. The van der Waals surface area contributed by atoms with Crippen LogP contribution < -0.4 is 0 Å². The molecular weight excluding hydrogens is 286 g/mol. The van der Waals surface area contributed by atoms with Gasteiger partial charge in [0.1, 0.15) is 5.69 Å². The quantitative estimate of drug-likeness (QED) is 0.768. The smallest absolute Gasteiger partial charge is 0.182 e. The number of aromatic nitrogens is 2. The molecule has 1 aromatic heterocycles. The van der Waals surface area contributed by atoms with Crippen LogP contribution in [0.5, 0.6) is 0 Å². The molecule has 0 bridgehead atoms. The molecule has 5 nitrogen and oxygen atoms in total. The van der Waals surface area contributed by atoms with Crippen molar-refractivity contribution in [1.29, 1.82) is 0 Å². The molecule has 0 radical (unpaired) electrons. The van der Waals surface area contributed by atoms with E-state index in [-0.39, 0.29) is 12.4 Å². The summed E-state index contributed by atoms with van der Waals surface area (Å²) in [5.74, 6) is 0.0159. The number of aliphatic hydroxyl groups is 1. The molecule has 1 aromatic rings. The van der Waals surface area contributed by atoms with Crippen molar-refractivity contribution >= 4 is 21.7 Å². The van der Waals surface area contributed by atoms with Crippen molar-refractivity contribution in [1.82, 2.24) is 14.7 Å². The minimum Gasteiger partial charge on any atom is -0.396 e. The normalized spacial score (nSPS) is 11.1. The van der Waals surface area contributed by atoms with Crippen molar-refractivity contribution in [2.45, 2.75) is 19.4 Å². The highest BCUT2D eigenvalue weighted by Gasteiger charge is 2.16. The minimum atomic E-state index is 0.0159. The molecule has 0 aliphatic rings. The van der Waals surface area contributed by atoms with Crippen LogP contribution in [-0.4, -0.2) is 52.8 Å². The number of halogens is 1. The molecule has 0 unspecified atom stereocenters. The summed E-state index contributed by atoms with van der Waals surface area (Å²) in [6.45, 7) is 1.54. The Bertz CT molecular complexity index is 377. The predicted octanol–water partition coefficient (Wildman–Crippen LogP) is 1.16. The maximum atomic E-state index is 11.9. The Morgan fingerprint density at radius 3 is 2.88 bits per heavy atom. The highest BCUT2D eigenvalue weighted by atomic mass is 79.9. The fraction of sp³-hybridized carbons (Fsp3) is 0.636. The van der Waals surface area contributed by atoms with E-state index in [0.29, 0.717) is 25.1 Å². The van der Waals surface area contributed by atoms with E-state index in [1.807, 2.05) is 19.0 Å². The van der Waals surface area contributed by atoms with Gasteiger partial charge in [-0.15, -0.1) is 0 Å². The molecule has 0 spiro atoms. The van der Waals surface area contributed by atoms with E-state index < -0.39 is 0 Å². The lowest BCUT2D eigenvalue weighted by atomic mass is 10.2. The van der Waals surface area contributed by atoms with Crippen LogP contribution >= 0.6 is 15.9 Å². The van der Waals surface area contributed by atoms with Gasteiger partial charge in [-0.1, -0.05) is 0 Å². The molecule has 0 aliphatic carbocycles. The third-order valence-corrected chi connectivity index (χ3v) is 2.96. The summed E-state index contributed by atoms with van der Waals surface area (Å²) < 4.78 is 2.43. The van der Waals surface area contributed by atoms with Gasteiger partial charge in [-0.25, -0.2) is 0 Å². The first kappa shape index (κ1) is 14.3. The van der Waals surface area contributed by atoms with Crippen LogP contribution in [-0.2, 0) is 6.54 Å². The Morgan fingerprint density at radius 1 is 1.59 bits per heavy atom. The number of hydrogen-bond donors (Lipinski definition) is 1. The third-order valence-electron chi connectivity index (χ3n) is 2.38. The number of carbonyl (C=O) groups excluding carboxylic acids is 1. The van der Waals surface area contributed by atoms with Crippen molar-refractivity contribution in [2.75, 3.05) is 27.2 Å². The Hall–Kier alpha value is -0.720. The van der Waals surface area contributed by atoms with Gasteiger partial charge in [-0.05, 0) is 36.4 Å². The van der Waals surface area contributed by atoms with Crippen molar-refractivity contribution in [3.05, 3.63) is 16.4 Å². The van der Waals surface area contributed by atoms with Crippen LogP contribution in [0.4, 0.5) is 0 Å². The highest BCUT2D eigenvalue weighted by Crippen LogP contribution is 2.18. The molecule has 6 heteroatoms. The van der Waals surface area contributed by atoms with Crippen molar-refractivity contribution in [3.63, 3.8) is 0 Å². The zero-order valence-corrected chi connectivity index (χ0v) is 11.8. The second kappa shape index (κ2) is 6.88. The van der Waals surface area contributed by atoms with E-state index in [9.17, 15) is 4.79 Å². The Labute approximate surface area is 110 Å².